The van der Waals surface area contributed by atoms with Crippen LogP contribution in [-0.4, -0.2) is 53.4 Å². The van der Waals surface area contributed by atoms with Crippen LogP contribution in [0.4, 0.5) is 5.69 Å². The molecule has 6 nitrogen and oxygen atoms in total. The van der Waals surface area contributed by atoms with Crippen molar-refractivity contribution in [2.24, 2.45) is 0 Å². The number of piperidine rings is 1. The van der Waals surface area contributed by atoms with Gasteiger partial charge in [0, 0.05) is 31.7 Å². The topological polar surface area (TPSA) is 82.0 Å². The van der Waals surface area contributed by atoms with Gasteiger partial charge in [-0.1, -0.05) is 30.3 Å². The number of benzene rings is 2. The largest absolute Gasteiger partial charge is 0.491 e. The number of hydrogen-bond donors (Lipinski definition) is 3. The molecule has 0 unspecified atom stereocenters. The number of β-amino-alcohol motifs (C(OH)–C–C–N with tert-alkyl or cyclic N) is 1. The van der Waals surface area contributed by atoms with Crippen LogP contribution in [0.1, 0.15) is 30.4 Å². The van der Waals surface area contributed by atoms with Crippen LogP contribution in [0.5, 0.6) is 5.75 Å². The standard InChI is InChI=1S/C23H28N2O4/c26-19(16-29-20-7-8-21-17(14-20)6-9-22(27)24-21)15-25-12-10-23(28,11-13-25)18-4-2-1-3-5-18/h1-5,7-8,14,19,26,28H,6,9-13,15-16H2,(H,24,27)/t19-/m0/s1. The van der Waals surface area contributed by atoms with E-state index in [0.29, 0.717) is 38.0 Å². The van der Waals surface area contributed by atoms with Crippen LogP contribution in [0, 0.1) is 0 Å². The number of fused-ring (bicyclic) bond motifs is 1. The van der Waals surface area contributed by atoms with Crippen molar-refractivity contribution in [1.29, 1.82) is 0 Å². The van der Waals surface area contributed by atoms with Crippen molar-refractivity contribution < 1.29 is 19.7 Å². The van der Waals surface area contributed by atoms with Crippen LogP contribution < -0.4 is 10.1 Å². The third-order valence-electron chi connectivity index (χ3n) is 5.88. The molecule has 29 heavy (non-hydrogen) atoms. The lowest BCUT2D eigenvalue weighted by Gasteiger charge is -2.39. The van der Waals surface area contributed by atoms with Crippen molar-refractivity contribution in [1.82, 2.24) is 4.90 Å². The molecule has 0 bridgehead atoms. The lowest BCUT2D eigenvalue weighted by atomic mass is 9.84. The van der Waals surface area contributed by atoms with Crippen LogP contribution in [0.3, 0.4) is 0 Å². The summed E-state index contributed by atoms with van der Waals surface area (Å²) in [6.07, 6.45) is 1.90. The van der Waals surface area contributed by atoms with Crippen LogP contribution >= 0.6 is 0 Å². The normalized spacial score (nSPS) is 19.9. The number of carbonyl (C=O) groups excluding carboxylic acids is 1. The van der Waals surface area contributed by atoms with Crippen molar-refractivity contribution in [3.05, 3.63) is 59.7 Å². The first-order valence-corrected chi connectivity index (χ1v) is 10.3. The highest BCUT2D eigenvalue weighted by Crippen LogP contribution is 2.32. The molecule has 154 valence electrons. The summed E-state index contributed by atoms with van der Waals surface area (Å²) >= 11 is 0. The summed E-state index contributed by atoms with van der Waals surface area (Å²) in [4.78, 5) is 13.6. The molecule has 0 spiro atoms. The first-order chi connectivity index (χ1) is 14.0. The zero-order chi connectivity index (χ0) is 20.3. The molecule has 1 amide bonds. The van der Waals surface area contributed by atoms with E-state index < -0.39 is 11.7 Å². The van der Waals surface area contributed by atoms with Gasteiger partial charge in [0.1, 0.15) is 18.5 Å². The maximum absolute atomic E-state index is 11.4. The highest BCUT2D eigenvalue weighted by atomic mass is 16.5. The van der Waals surface area contributed by atoms with Gasteiger partial charge in [0.25, 0.3) is 0 Å². The zero-order valence-electron chi connectivity index (χ0n) is 16.5. The Balaban J connectivity index is 1.25. The molecule has 2 aromatic carbocycles. The van der Waals surface area contributed by atoms with Gasteiger partial charge in [0.15, 0.2) is 0 Å². The molecule has 2 heterocycles. The average Bonchev–Trinajstić information content (AvgIpc) is 2.74. The minimum absolute atomic E-state index is 0.0438. The molecule has 6 heteroatoms. The molecule has 1 fully saturated rings. The molecule has 1 atom stereocenters. The van der Waals surface area contributed by atoms with E-state index >= 15 is 0 Å². The predicted octanol–water partition coefficient (Wildman–Crippen LogP) is 2.29. The van der Waals surface area contributed by atoms with E-state index in [2.05, 4.69) is 10.2 Å². The average molecular weight is 396 g/mol. The second-order valence-electron chi connectivity index (χ2n) is 8.03. The summed E-state index contributed by atoms with van der Waals surface area (Å²) in [7, 11) is 0. The lowest BCUT2D eigenvalue weighted by Crippen LogP contribution is -2.46. The quantitative estimate of drug-likeness (QED) is 0.698. The van der Waals surface area contributed by atoms with Gasteiger partial charge >= 0.3 is 0 Å². The zero-order valence-corrected chi connectivity index (χ0v) is 16.5. The summed E-state index contributed by atoms with van der Waals surface area (Å²) in [6.45, 7) is 2.21. The highest BCUT2D eigenvalue weighted by molar-refractivity contribution is 5.93. The molecule has 2 aliphatic rings. The van der Waals surface area contributed by atoms with E-state index in [4.69, 9.17) is 4.74 Å². The van der Waals surface area contributed by atoms with Crippen LogP contribution in [0.2, 0.25) is 0 Å². The second-order valence-corrected chi connectivity index (χ2v) is 8.03. The molecule has 2 aliphatic heterocycles. The van der Waals surface area contributed by atoms with Gasteiger partial charge in [-0.3, -0.25) is 4.79 Å². The number of hydrogen-bond acceptors (Lipinski definition) is 5. The smallest absolute Gasteiger partial charge is 0.224 e. The van der Waals surface area contributed by atoms with Gasteiger partial charge in [-0.25, -0.2) is 0 Å². The van der Waals surface area contributed by atoms with E-state index in [-0.39, 0.29) is 12.5 Å². The number of carbonyl (C=O) groups is 1. The molecular formula is C23H28N2O4. The van der Waals surface area contributed by atoms with Crippen molar-refractivity contribution in [3.8, 4) is 5.75 Å². The van der Waals surface area contributed by atoms with Crippen LogP contribution in [-0.2, 0) is 16.8 Å². The Hall–Kier alpha value is -2.41. The van der Waals surface area contributed by atoms with Crippen LogP contribution in [0.15, 0.2) is 48.5 Å². The Labute approximate surface area is 171 Å². The second kappa shape index (κ2) is 8.53. The maximum Gasteiger partial charge on any atom is 0.224 e. The monoisotopic (exact) mass is 396 g/mol. The van der Waals surface area contributed by atoms with Gasteiger partial charge in [-0.05, 0) is 48.6 Å². The molecule has 2 aromatic rings. The number of rotatable bonds is 6. The Bertz CT molecular complexity index is 847. The van der Waals surface area contributed by atoms with Crippen molar-refractivity contribution in [2.45, 2.75) is 37.4 Å². The fourth-order valence-corrected chi connectivity index (χ4v) is 4.14. The lowest BCUT2D eigenvalue weighted by molar-refractivity contribution is -0.116. The number of anilines is 1. The van der Waals surface area contributed by atoms with Gasteiger partial charge in [-0.15, -0.1) is 0 Å². The number of aliphatic hydroxyl groups excluding tert-OH is 1. The summed E-state index contributed by atoms with van der Waals surface area (Å²) in [5, 5.41) is 24.2. The van der Waals surface area contributed by atoms with Gasteiger partial charge in [0.2, 0.25) is 5.91 Å². The minimum atomic E-state index is -0.780. The summed E-state index contributed by atoms with van der Waals surface area (Å²) in [5.74, 6) is 0.748. The van der Waals surface area contributed by atoms with Crippen molar-refractivity contribution >= 4 is 11.6 Å². The molecule has 4 rings (SSSR count). The van der Waals surface area contributed by atoms with E-state index in [1.807, 2.05) is 48.5 Å². The minimum Gasteiger partial charge on any atom is -0.491 e. The number of aliphatic hydroxyl groups is 2. The van der Waals surface area contributed by atoms with E-state index in [1.165, 1.54) is 0 Å². The van der Waals surface area contributed by atoms with E-state index in [1.54, 1.807) is 0 Å². The summed E-state index contributed by atoms with van der Waals surface area (Å²) in [5.41, 5.74) is 2.09. The Morgan fingerprint density at radius 3 is 2.62 bits per heavy atom. The third-order valence-corrected chi connectivity index (χ3v) is 5.88. The number of amides is 1. The molecule has 1 saturated heterocycles. The molecule has 0 saturated carbocycles. The predicted molar refractivity (Wildman–Crippen MR) is 111 cm³/mol. The highest BCUT2D eigenvalue weighted by Gasteiger charge is 2.34. The summed E-state index contributed by atoms with van der Waals surface area (Å²) in [6, 6.07) is 15.4. The number of aryl methyl sites for hydroxylation is 1. The Morgan fingerprint density at radius 1 is 1.10 bits per heavy atom. The van der Waals surface area contributed by atoms with Crippen molar-refractivity contribution in [3.63, 3.8) is 0 Å². The van der Waals surface area contributed by atoms with Crippen LogP contribution in [0.25, 0.3) is 0 Å². The molecule has 0 aromatic heterocycles. The number of ether oxygens (including phenoxy) is 1. The SMILES string of the molecule is O=C1CCc2cc(OC[C@@H](O)CN3CCC(O)(c4ccccc4)CC3)ccc2N1. The van der Waals surface area contributed by atoms with Gasteiger partial charge < -0.3 is 25.2 Å². The molecule has 0 radical (unpaired) electrons. The Morgan fingerprint density at radius 2 is 1.86 bits per heavy atom. The first kappa shape index (κ1) is 19.9. The van der Waals surface area contributed by atoms with E-state index in [9.17, 15) is 15.0 Å². The van der Waals surface area contributed by atoms with Gasteiger partial charge in [-0.2, -0.15) is 0 Å². The number of nitrogens with zero attached hydrogens (tertiary/aromatic N) is 1. The van der Waals surface area contributed by atoms with Crippen molar-refractivity contribution in [2.75, 3.05) is 31.6 Å². The molecular weight excluding hydrogens is 368 g/mol. The van der Waals surface area contributed by atoms with E-state index in [0.717, 1.165) is 29.9 Å². The fourth-order valence-electron chi connectivity index (χ4n) is 4.14. The third kappa shape index (κ3) is 4.78. The number of likely N-dealkylation sites (tertiary alicyclic amines) is 1. The summed E-state index contributed by atoms with van der Waals surface area (Å²) < 4.78 is 5.77. The Kier molecular flexibility index (Phi) is 5.85. The van der Waals surface area contributed by atoms with Gasteiger partial charge in [0.05, 0.1) is 5.60 Å². The fraction of sp³-hybridized carbons (Fsp3) is 0.435. The molecule has 0 aliphatic carbocycles. The number of nitrogens with one attached hydrogen (secondary N) is 1. The maximum atomic E-state index is 11.4. The first-order valence-electron chi connectivity index (χ1n) is 10.3. The molecule has 3 N–H and O–H groups in total.